The van der Waals surface area contributed by atoms with E-state index in [1.54, 1.807) is 6.92 Å². The van der Waals surface area contributed by atoms with Crippen LogP contribution in [0.5, 0.6) is 0 Å². The minimum atomic E-state index is -1.40. The molecule has 0 aromatic heterocycles. The number of hydrogen-bond donors (Lipinski definition) is 2. The molecular formula is C9H15NO4. The molecule has 1 aliphatic rings. The van der Waals surface area contributed by atoms with Crippen molar-refractivity contribution in [3.63, 3.8) is 0 Å². The molecule has 0 saturated carbocycles. The standard InChI is InChI=1S/C9H15NO4/c1-6(11)7-2-4-10(5-3-7)8(12)9(13)14/h6-7,11H,2-5H2,1H3,(H,13,14). The van der Waals surface area contributed by atoms with E-state index >= 15 is 0 Å². The first-order valence-corrected chi connectivity index (χ1v) is 4.72. The summed E-state index contributed by atoms with van der Waals surface area (Å²) in [4.78, 5) is 22.7. The van der Waals surface area contributed by atoms with Crippen LogP contribution in [0.15, 0.2) is 0 Å². The number of carbonyl (C=O) groups is 2. The summed E-state index contributed by atoms with van der Waals surface area (Å²) >= 11 is 0. The van der Waals surface area contributed by atoms with Crippen molar-refractivity contribution in [3.8, 4) is 0 Å². The van der Waals surface area contributed by atoms with E-state index in [2.05, 4.69) is 0 Å². The maximum atomic E-state index is 11.0. The van der Waals surface area contributed by atoms with Crippen LogP contribution in [0.2, 0.25) is 0 Å². The molecule has 2 N–H and O–H groups in total. The molecule has 14 heavy (non-hydrogen) atoms. The molecule has 1 rings (SSSR count). The zero-order valence-corrected chi connectivity index (χ0v) is 8.14. The first kappa shape index (κ1) is 11.0. The second kappa shape index (κ2) is 4.41. The highest BCUT2D eigenvalue weighted by atomic mass is 16.4. The summed E-state index contributed by atoms with van der Waals surface area (Å²) < 4.78 is 0. The van der Waals surface area contributed by atoms with Crippen molar-refractivity contribution < 1.29 is 19.8 Å². The van der Waals surface area contributed by atoms with Gasteiger partial charge in [-0.3, -0.25) is 4.79 Å². The largest absolute Gasteiger partial charge is 0.474 e. The van der Waals surface area contributed by atoms with E-state index in [1.165, 1.54) is 4.90 Å². The Morgan fingerprint density at radius 3 is 2.21 bits per heavy atom. The van der Waals surface area contributed by atoms with E-state index in [4.69, 9.17) is 5.11 Å². The number of likely N-dealkylation sites (tertiary alicyclic amines) is 1. The van der Waals surface area contributed by atoms with E-state index in [9.17, 15) is 14.7 Å². The van der Waals surface area contributed by atoms with Gasteiger partial charge in [-0.25, -0.2) is 4.79 Å². The predicted octanol–water partition coefficient (Wildman–Crippen LogP) is -0.310. The number of carboxylic acids is 1. The van der Waals surface area contributed by atoms with Gasteiger partial charge in [0.05, 0.1) is 6.10 Å². The van der Waals surface area contributed by atoms with Crippen LogP contribution in [0.3, 0.4) is 0 Å². The maximum absolute atomic E-state index is 11.0. The van der Waals surface area contributed by atoms with Crippen LogP contribution in [0.4, 0.5) is 0 Å². The molecular weight excluding hydrogens is 186 g/mol. The van der Waals surface area contributed by atoms with Crippen LogP contribution >= 0.6 is 0 Å². The number of hydrogen-bond acceptors (Lipinski definition) is 3. The summed E-state index contributed by atoms with van der Waals surface area (Å²) in [6.07, 6.45) is 0.977. The van der Waals surface area contributed by atoms with Crippen molar-refractivity contribution in [2.75, 3.05) is 13.1 Å². The van der Waals surface area contributed by atoms with Crippen LogP contribution in [-0.2, 0) is 9.59 Å². The van der Waals surface area contributed by atoms with Crippen molar-refractivity contribution in [1.29, 1.82) is 0 Å². The van der Waals surface area contributed by atoms with Crippen LogP contribution in [0, 0.1) is 5.92 Å². The Labute approximate surface area is 82.3 Å². The minimum Gasteiger partial charge on any atom is -0.474 e. The van der Waals surface area contributed by atoms with Crippen molar-refractivity contribution in [1.82, 2.24) is 4.90 Å². The van der Waals surface area contributed by atoms with Gasteiger partial charge in [-0.1, -0.05) is 0 Å². The van der Waals surface area contributed by atoms with Crippen molar-refractivity contribution in [2.45, 2.75) is 25.9 Å². The van der Waals surface area contributed by atoms with Gasteiger partial charge in [0.1, 0.15) is 0 Å². The van der Waals surface area contributed by atoms with Gasteiger partial charge >= 0.3 is 11.9 Å². The number of carbonyl (C=O) groups excluding carboxylic acids is 1. The fraction of sp³-hybridized carbons (Fsp3) is 0.778. The van der Waals surface area contributed by atoms with Gasteiger partial charge in [-0.05, 0) is 25.7 Å². The van der Waals surface area contributed by atoms with Crippen LogP contribution < -0.4 is 0 Å². The third kappa shape index (κ3) is 2.45. The zero-order chi connectivity index (χ0) is 10.7. The van der Waals surface area contributed by atoms with E-state index in [1.807, 2.05) is 0 Å². The molecule has 0 spiro atoms. The van der Waals surface area contributed by atoms with Crippen molar-refractivity contribution in [2.24, 2.45) is 5.92 Å². The Morgan fingerprint density at radius 1 is 1.36 bits per heavy atom. The average molecular weight is 201 g/mol. The molecule has 1 atom stereocenters. The van der Waals surface area contributed by atoms with Gasteiger partial charge in [-0.2, -0.15) is 0 Å². The Kier molecular flexibility index (Phi) is 3.46. The summed E-state index contributed by atoms with van der Waals surface area (Å²) in [5, 5.41) is 17.8. The second-order valence-electron chi connectivity index (χ2n) is 3.68. The molecule has 1 amide bonds. The summed E-state index contributed by atoms with van der Waals surface area (Å²) in [6.45, 7) is 2.58. The summed E-state index contributed by atoms with van der Waals surface area (Å²) in [6, 6.07) is 0. The number of amides is 1. The SMILES string of the molecule is CC(O)C1CCN(C(=O)C(=O)O)CC1. The molecule has 1 fully saturated rings. The van der Waals surface area contributed by atoms with Crippen LogP contribution in [0.25, 0.3) is 0 Å². The van der Waals surface area contributed by atoms with Crippen LogP contribution in [0.1, 0.15) is 19.8 Å². The zero-order valence-electron chi connectivity index (χ0n) is 8.14. The third-order valence-corrected chi connectivity index (χ3v) is 2.69. The molecule has 1 saturated heterocycles. The van der Waals surface area contributed by atoms with Crippen LogP contribution in [-0.4, -0.2) is 46.2 Å². The quantitative estimate of drug-likeness (QED) is 0.570. The number of aliphatic hydroxyl groups excluding tert-OH is 1. The van der Waals surface area contributed by atoms with Gasteiger partial charge in [0, 0.05) is 13.1 Å². The van der Waals surface area contributed by atoms with Gasteiger partial charge in [-0.15, -0.1) is 0 Å². The Hall–Kier alpha value is -1.10. The molecule has 5 heteroatoms. The average Bonchev–Trinajstić information content (AvgIpc) is 2.16. The first-order chi connectivity index (χ1) is 6.52. The van der Waals surface area contributed by atoms with E-state index in [0.29, 0.717) is 25.9 Å². The Bertz CT molecular complexity index is 231. The number of aliphatic carboxylic acids is 1. The summed E-state index contributed by atoms with van der Waals surface area (Å²) in [5.74, 6) is -2.05. The molecule has 0 radical (unpaired) electrons. The topological polar surface area (TPSA) is 77.8 Å². The minimum absolute atomic E-state index is 0.188. The molecule has 80 valence electrons. The molecule has 5 nitrogen and oxygen atoms in total. The number of aliphatic hydroxyl groups is 1. The lowest BCUT2D eigenvalue weighted by molar-refractivity contribution is -0.156. The normalized spacial score (nSPS) is 20.6. The highest BCUT2D eigenvalue weighted by Crippen LogP contribution is 2.20. The highest BCUT2D eigenvalue weighted by Gasteiger charge is 2.28. The lowest BCUT2D eigenvalue weighted by atomic mass is 9.92. The maximum Gasteiger partial charge on any atom is 0.394 e. The first-order valence-electron chi connectivity index (χ1n) is 4.72. The van der Waals surface area contributed by atoms with E-state index in [0.717, 1.165) is 0 Å². The van der Waals surface area contributed by atoms with Crippen molar-refractivity contribution in [3.05, 3.63) is 0 Å². The van der Waals surface area contributed by atoms with Crippen molar-refractivity contribution >= 4 is 11.9 Å². The fourth-order valence-corrected chi connectivity index (χ4v) is 1.72. The molecule has 0 aromatic rings. The number of nitrogens with zero attached hydrogens (tertiary/aromatic N) is 1. The van der Waals surface area contributed by atoms with E-state index in [-0.39, 0.29) is 12.0 Å². The second-order valence-corrected chi connectivity index (χ2v) is 3.68. The molecule has 1 unspecified atom stereocenters. The monoisotopic (exact) mass is 201 g/mol. The smallest absolute Gasteiger partial charge is 0.394 e. The lowest BCUT2D eigenvalue weighted by Gasteiger charge is -2.32. The lowest BCUT2D eigenvalue weighted by Crippen LogP contribution is -2.43. The fourth-order valence-electron chi connectivity index (χ4n) is 1.72. The molecule has 0 aliphatic carbocycles. The van der Waals surface area contributed by atoms with Gasteiger partial charge < -0.3 is 15.1 Å². The number of carboxylic acid groups (broad SMARTS) is 1. The highest BCUT2D eigenvalue weighted by molar-refractivity contribution is 6.31. The van der Waals surface area contributed by atoms with E-state index < -0.39 is 11.9 Å². The Balaban J connectivity index is 2.43. The molecule has 1 aliphatic heterocycles. The molecule has 1 heterocycles. The van der Waals surface area contributed by atoms with Gasteiger partial charge in [0.2, 0.25) is 0 Å². The summed E-state index contributed by atoms with van der Waals surface area (Å²) in [5.41, 5.74) is 0. The number of rotatable bonds is 1. The molecule has 0 aromatic carbocycles. The van der Waals surface area contributed by atoms with Gasteiger partial charge in [0.15, 0.2) is 0 Å². The number of piperidine rings is 1. The predicted molar refractivity (Wildman–Crippen MR) is 48.6 cm³/mol. The Morgan fingerprint density at radius 2 is 1.86 bits per heavy atom. The third-order valence-electron chi connectivity index (χ3n) is 2.69. The molecule has 0 bridgehead atoms. The summed E-state index contributed by atoms with van der Waals surface area (Å²) in [7, 11) is 0. The van der Waals surface area contributed by atoms with Gasteiger partial charge in [0.25, 0.3) is 0 Å².